The van der Waals surface area contributed by atoms with Gasteiger partial charge in [0.1, 0.15) is 15.6 Å². The van der Waals surface area contributed by atoms with Crippen LogP contribution in [-0.4, -0.2) is 50.4 Å². The van der Waals surface area contributed by atoms with Crippen LogP contribution in [-0.2, 0) is 45.6 Å². The molecule has 12 heteroatoms. The number of thiophene rings is 1. The second kappa shape index (κ2) is 12.6. The normalized spacial score (nSPS) is 18.5. The molecule has 0 spiro atoms. The van der Waals surface area contributed by atoms with Crippen molar-refractivity contribution in [2.45, 2.75) is 54.8 Å². The monoisotopic (exact) mass is 738 g/mol. The highest BCUT2D eigenvalue weighted by Crippen LogP contribution is 2.40. The third kappa shape index (κ3) is 6.36. The van der Waals surface area contributed by atoms with Gasteiger partial charge in [0.05, 0.1) is 17.9 Å². The molecule has 1 unspecified atom stereocenters. The van der Waals surface area contributed by atoms with Gasteiger partial charge >= 0.3 is 0 Å². The van der Waals surface area contributed by atoms with Crippen LogP contribution in [0.1, 0.15) is 36.5 Å². The van der Waals surface area contributed by atoms with Crippen molar-refractivity contribution in [2.24, 2.45) is 12.8 Å². The number of nitrogens with two attached hydrogens (primary N) is 1. The Morgan fingerprint density at radius 2 is 1.96 bits per heavy atom. The lowest BCUT2D eigenvalue weighted by Crippen LogP contribution is -2.59. The van der Waals surface area contributed by atoms with E-state index in [0.29, 0.717) is 30.9 Å². The molecule has 3 atom stereocenters. The lowest BCUT2D eigenvalue weighted by atomic mass is 9.94. The molecule has 4 N–H and O–H groups in total. The van der Waals surface area contributed by atoms with E-state index in [-0.39, 0.29) is 24.7 Å². The zero-order chi connectivity index (χ0) is 31.9. The van der Waals surface area contributed by atoms with Crippen LogP contribution in [0.25, 0.3) is 10.9 Å². The number of halogens is 1. The lowest BCUT2D eigenvalue weighted by Gasteiger charge is -2.37. The first-order chi connectivity index (χ1) is 21.5. The summed E-state index contributed by atoms with van der Waals surface area (Å²) in [7, 11) is 1.94. The fraction of sp³-hybridized carbons (Fsp3) is 0.333. The number of benzene rings is 2. The number of aryl methyl sites for hydroxylation is 1. The summed E-state index contributed by atoms with van der Waals surface area (Å²) in [6.45, 7) is 2.47. The molecule has 1 saturated heterocycles. The molecule has 45 heavy (non-hydrogen) atoms. The Hall–Kier alpha value is -3.75. The van der Waals surface area contributed by atoms with E-state index in [4.69, 9.17) is 5.73 Å². The molecular formula is C33H35IN6O4S. The van der Waals surface area contributed by atoms with Crippen molar-refractivity contribution in [2.75, 3.05) is 16.3 Å². The first kappa shape index (κ1) is 31.2. The average Bonchev–Trinajstić information content (AvgIpc) is 3.75. The number of hydrogen-bond acceptors (Lipinski definition) is 6. The van der Waals surface area contributed by atoms with Gasteiger partial charge in [-0.25, -0.2) is 0 Å². The Bertz CT molecular complexity index is 1780. The third-order valence-corrected chi connectivity index (χ3v) is 9.65. The number of para-hydroxylation sites is 2. The SMILES string of the molecule is Cn1cc(C[C@@H](NC(=O)[C@](C)(N)I)C(=O)NC2Cc3cccc(N4CCCC4=O)c3N(Cc3ccsc3)C2=O)c2ccccc21. The molecule has 0 bridgehead atoms. The highest BCUT2D eigenvalue weighted by molar-refractivity contribution is 14.1. The van der Waals surface area contributed by atoms with Crippen LogP contribution < -0.4 is 26.2 Å². The van der Waals surface area contributed by atoms with Crippen LogP contribution in [0.2, 0.25) is 0 Å². The Balaban J connectivity index is 1.32. The Morgan fingerprint density at radius 1 is 1.16 bits per heavy atom. The minimum atomic E-state index is -1.24. The van der Waals surface area contributed by atoms with Crippen molar-refractivity contribution in [3.63, 3.8) is 0 Å². The Kier molecular flexibility index (Phi) is 8.72. The Morgan fingerprint density at radius 3 is 2.67 bits per heavy atom. The lowest BCUT2D eigenvalue weighted by molar-refractivity contribution is -0.132. The fourth-order valence-electron chi connectivity index (χ4n) is 6.20. The van der Waals surface area contributed by atoms with E-state index in [9.17, 15) is 19.2 Å². The largest absolute Gasteiger partial charge is 0.350 e. The summed E-state index contributed by atoms with van der Waals surface area (Å²) >= 11 is 3.38. The van der Waals surface area contributed by atoms with Crippen LogP contribution in [0.3, 0.4) is 0 Å². The van der Waals surface area contributed by atoms with Gasteiger partial charge in [-0.2, -0.15) is 11.3 Å². The molecule has 0 saturated carbocycles. The number of alkyl halides is 1. The molecule has 10 nitrogen and oxygen atoms in total. The highest BCUT2D eigenvalue weighted by Gasteiger charge is 2.39. The summed E-state index contributed by atoms with van der Waals surface area (Å²) in [5.41, 5.74) is 11.2. The maximum atomic E-state index is 14.2. The van der Waals surface area contributed by atoms with Crippen LogP contribution >= 0.6 is 33.9 Å². The van der Waals surface area contributed by atoms with E-state index >= 15 is 0 Å². The van der Waals surface area contributed by atoms with Crippen LogP contribution in [0, 0.1) is 0 Å². The molecule has 2 aromatic heterocycles. The number of carbonyl (C=O) groups excluding carboxylic acids is 4. The number of nitrogens with one attached hydrogen (secondary N) is 2. The quantitative estimate of drug-likeness (QED) is 0.137. The molecule has 0 radical (unpaired) electrons. The summed E-state index contributed by atoms with van der Waals surface area (Å²) in [6, 6.07) is 13.7. The van der Waals surface area contributed by atoms with Gasteiger partial charge in [-0.05, 0) is 59.0 Å². The van der Waals surface area contributed by atoms with Crippen LogP contribution in [0.15, 0.2) is 65.5 Å². The average molecular weight is 739 g/mol. The van der Waals surface area contributed by atoms with Gasteiger partial charge in [0.15, 0.2) is 0 Å². The molecule has 234 valence electrons. The highest BCUT2D eigenvalue weighted by atomic mass is 127. The standard InChI is InChI=1S/C33H35IN6O4S/c1-33(34,35)32(44)37-24(16-22-18-38(2)26-9-4-3-8-23(22)26)30(42)36-25-15-21-7-5-10-27(39-13-6-11-28(39)41)29(21)40(31(25)43)17-20-12-14-45-19-20/h3-5,7-10,12,14,18-19,24-25H,6,11,13,15-17,35H2,1-2H3,(H,36,42)(H,37,44)/t24-,25?,33+/m1/s1. The summed E-state index contributed by atoms with van der Waals surface area (Å²) < 4.78 is 0.745. The number of rotatable bonds is 9. The summed E-state index contributed by atoms with van der Waals surface area (Å²) in [4.78, 5) is 57.5. The predicted molar refractivity (Wildman–Crippen MR) is 184 cm³/mol. The molecule has 6 rings (SSSR count). The molecule has 1 fully saturated rings. The summed E-state index contributed by atoms with van der Waals surface area (Å²) in [5, 5.41) is 10.7. The van der Waals surface area contributed by atoms with Crippen molar-refractivity contribution in [3.05, 3.63) is 82.2 Å². The molecule has 4 amide bonds. The van der Waals surface area contributed by atoms with Gasteiger partial charge in [0, 0.05) is 50.0 Å². The second-order valence-electron chi connectivity index (χ2n) is 11.8. The van der Waals surface area contributed by atoms with Gasteiger partial charge in [0.2, 0.25) is 17.7 Å². The molecule has 4 heterocycles. The van der Waals surface area contributed by atoms with E-state index < -0.39 is 27.4 Å². The topological polar surface area (TPSA) is 130 Å². The summed E-state index contributed by atoms with van der Waals surface area (Å²) in [6.07, 6.45) is 3.66. The Labute approximate surface area is 279 Å². The van der Waals surface area contributed by atoms with Crippen molar-refractivity contribution < 1.29 is 19.2 Å². The van der Waals surface area contributed by atoms with E-state index in [1.165, 1.54) is 0 Å². The number of anilines is 2. The van der Waals surface area contributed by atoms with E-state index in [1.54, 1.807) is 28.1 Å². The summed E-state index contributed by atoms with van der Waals surface area (Å²) in [5.74, 6) is -1.19. The van der Waals surface area contributed by atoms with E-state index in [1.807, 2.05) is 99.7 Å². The molecule has 0 aliphatic carbocycles. The van der Waals surface area contributed by atoms with Crippen molar-refractivity contribution >= 4 is 79.8 Å². The van der Waals surface area contributed by atoms with Gasteiger partial charge in [-0.1, -0.05) is 52.9 Å². The van der Waals surface area contributed by atoms with Crippen molar-refractivity contribution in [1.29, 1.82) is 0 Å². The van der Waals surface area contributed by atoms with Gasteiger partial charge < -0.3 is 30.7 Å². The number of amides is 4. The zero-order valence-electron chi connectivity index (χ0n) is 25.1. The molecule has 2 aliphatic rings. The second-order valence-corrected chi connectivity index (χ2v) is 14.9. The predicted octanol–water partition coefficient (Wildman–Crippen LogP) is 3.78. The smallest absolute Gasteiger partial charge is 0.250 e. The molecule has 4 aromatic rings. The maximum Gasteiger partial charge on any atom is 0.250 e. The minimum Gasteiger partial charge on any atom is -0.350 e. The van der Waals surface area contributed by atoms with Crippen LogP contribution in [0.4, 0.5) is 11.4 Å². The molecular weight excluding hydrogens is 703 g/mol. The van der Waals surface area contributed by atoms with Crippen molar-refractivity contribution in [3.8, 4) is 0 Å². The number of carbonyl (C=O) groups is 4. The minimum absolute atomic E-state index is 0.0379. The van der Waals surface area contributed by atoms with Crippen molar-refractivity contribution in [1.82, 2.24) is 15.2 Å². The van der Waals surface area contributed by atoms with E-state index in [0.717, 1.165) is 34.0 Å². The number of nitrogens with zero attached hydrogens (tertiary/aromatic N) is 3. The first-order valence-electron chi connectivity index (χ1n) is 14.9. The fourth-order valence-corrected chi connectivity index (χ4v) is 7.02. The van der Waals surface area contributed by atoms with Crippen LogP contribution in [0.5, 0.6) is 0 Å². The molecule has 2 aromatic carbocycles. The number of fused-ring (bicyclic) bond motifs is 2. The van der Waals surface area contributed by atoms with E-state index in [2.05, 4.69) is 10.6 Å². The van der Waals surface area contributed by atoms with Gasteiger partial charge in [-0.15, -0.1) is 0 Å². The maximum absolute atomic E-state index is 14.2. The molecule has 2 aliphatic heterocycles. The first-order valence-corrected chi connectivity index (χ1v) is 16.9. The van der Waals surface area contributed by atoms with Gasteiger partial charge in [0.25, 0.3) is 5.91 Å². The third-order valence-electron chi connectivity index (χ3n) is 8.43. The number of hydrogen-bond donors (Lipinski definition) is 3. The number of aromatic nitrogens is 1. The van der Waals surface area contributed by atoms with Gasteiger partial charge in [-0.3, -0.25) is 19.2 Å². The zero-order valence-corrected chi connectivity index (χ0v) is 28.1.